The fourth-order valence-electron chi connectivity index (χ4n) is 2.23. The second-order valence-corrected chi connectivity index (χ2v) is 6.50. The largest absolute Gasteiger partial charge is 0.294 e. The SMILES string of the molecule is CC(CSc1ncn(-c2ccccc2)n1)C(=O)c1ccc(F)c(F)c1. The van der Waals surface area contributed by atoms with E-state index < -0.39 is 11.6 Å². The summed E-state index contributed by atoms with van der Waals surface area (Å²) in [5, 5.41) is 4.91. The lowest BCUT2D eigenvalue weighted by molar-refractivity contribution is 0.0941. The van der Waals surface area contributed by atoms with Gasteiger partial charge in [-0.25, -0.2) is 18.4 Å². The lowest BCUT2D eigenvalue weighted by Gasteiger charge is -2.09. The lowest BCUT2D eigenvalue weighted by Crippen LogP contribution is -2.14. The second-order valence-electron chi connectivity index (χ2n) is 5.51. The van der Waals surface area contributed by atoms with E-state index in [2.05, 4.69) is 10.1 Å². The first-order valence-corrected chi connectivity index (χ1v) is 8.62. The molecule has 4 nitrogen and oxygen atoms in total. The summed E-state index contributed by atoms with van der Waals surface area (Å²) in [4.78, 5) is 16.5. The monoisotopic (exact) mass is 359 g/mol. The van der Waals surface area contributed by atoms with Crippen molar-refractivity contribution in [3.8, 4) is 5.69 Å². The molecule has 0 saturated carbocycles. The fourth-order valence-corrected chi connectivity index (χ4v) is 3.05. The summed E-state index contributed by atoms with van der Waals surface area (Å²) >= 11 is 1.34. The van der Waals surface area contributed by atoms with Crippen LogP contribution >= 0.6 is 11.8 Å². The Balaban J connectivity index is 1.62. The summed E-state index contributed by atoms with van der Waals surface area (Å²) in [7, 11) is 0. The molecule has 1 aromatic heterocycles. The Labute approximate surface area is 147 Å². The van der Waals surface area contributed by atoms with Crippen LogP contribution in [0.15, 0.2) is 60.0 Å². The van der Waals surface area contributed by atoms with Gasteiger partial charge in [-0.05, 0) is 30.3 Å². The molecule has 0 aliphatic rings. The molecular formula is C18H15F2N3OS. The van der Waals surface area contributed by atoms with E-state index in [1.54, 1.807) is 17.9 Å². The van der Waals surface area contributed by atoms with Crippen molar-refractivity contribution in [2.24, 2.45) is 5.92 Å². The van der Waals surface area contributed by atoms with Crippen molar-refractivity contribution in [2.75, 3.05) is 5.75 Å². The molecule has 1 unspecified atom stereocenters. The summed E-state index contributed by atoms with van der Waals surface area (Å²) < 4.78 is 27.9. The average molecular weight is 359 g/mol. The number of thioether (sulfide) groups is 1. The Morgan fingerprint density at radius 3 is 2.64 bits per heavy atom. The van der Waals surface area contributed by atoms with Crippen molar-refractivity contribution in [3.63, 3.8) is 0 Å². The molecule has 0 N–H and O–H groups in total. The first-order chi connectivity index (χ1) is 12.0. The number of hydrogen-bond acceptors (Lipinski definition) is 4. The first kappa shape index (κ1) is 17.3. The van der Waals surface area contributed by atoms with Crippen LogP contribution in [0.25, 0.3) is 5.69 Å². The van der Waals surface area contributed by atoms with Crippen molar-refractivity contribution in [2.45, 2.75) is 12.1 Å². The molecule has 0 saturated heterocycles. The van der Waals surface area contributed by atoms with Gasteiger partial charge in [-0.1, -0.05) is 36.9 Å². The van der Waals surface area contributed by atoms with Gasteiger partial charge in [-0.2, -0.15) is 0 Å². The van der Waals surface area contributed by atoms with Gasteiger partial charge in [0.25, 0.3) is 0 Å². The van der Waals surface area contributed by atoms with Crippen LogP contribution in [-0.4, -0.2) is 26.3 Å². The molecule has 0 radical (unpaired) electrons. The van der Waals surface area contributed by atoms with E-state index in [1.807, 2.05) is 30.3 Å². The lowest BCUT2D eigenvalue weighted by atomic mass is 10.0. The van der Waals surface area contributed by atoms with Gasteiger partial charge in [0, 0.05) is 17.2 Å². The van der Waals surface area contributed by atoms with E-state index in [-0.39, 0.29) is 17.3 Å². The Morgan fingerprint density at radius 1 is 1.16 bits per heavy atom. The van der Waals surface area contributed by atoms with Crippen molar-refractivity contribution >= 4 is 17.5 Å². The number of aromatic nitrogens is 3. The molecule has 3 rings (SSSR count). The summed E-state index contributed by atoms with van der Waals surface area (Å²) in [6.07, 6.45) is 1.61. The van der Waals surface area contributed by atoms with Gasteiger partial charge in [-0.15, -0.1) is 5.10 Å². The Hall–Kier alpha value is -2.54. The van der Waals surface area contributed by atoms with Crippen molar-refractivity contribution < 1.29 is 13.6 Å². The van der Waals surface area contributed by atoms with Crippen LogP contribution in [0.1, 0.15) is 17.3 Å². The molecule has 25 heavy (non-hydrogen) atoms. The van der Waals surface area contributed by atoms with E-state index in [4.69, 9.17) is 0 Å². The summed E-state index contributed by atoms with van der Waals surface area (Å²) in [6, 6.07) is 12.8. The molecular weight excluding hydrogens is 344 g/mol. The summed E-state index contributed by atoms with van der Waals surface area (Å²) in [6.45, 7) is 1.74. The molecule has 0 aliphatic carbocycles. The molecule has 0 bridgehead atoms. The zero-order valence-electron chi connectivity index (χ0n) is 13.4. The highest BCUT2D eigenvalue weighted by atomic mass is 32.2. The zero-order chi connectivity index (χ0) is 17.8. The smallest absolute Gasteiger partial charge is 0.208 e. The fraction of sp³-hybridized carbons (Fsp3) is 0.167. The number of nitrogens with zero attached hydrogens (tertiary/aromatic N) is 3. The number of Topliss-reactive ketones (excluding diaryl/α,β-unsaturated/α-hetero) is 1. The molecule has 3 aromatic rings. The third kappa shape index (κ3) is 4.11. The van der Waals surface area contributed by atoms with E-state index in [0.717, 1.165) is 17.8 Å². The third-order valence-corrected chi connectivity index (χ3v) is 4.72. The molecule has 0 fully saturated rings. The molecule has 0 aliphatic heterocycles. The van der Waals surface area contributed by atoms with E-state index in [1.165, 1.54) is 17.8 Å². The van der Waals surface area contributed by atoms with Crippen LogP contribution in [0.4, 0.5) is 8.78 Å². The highest BCUT2D eigenvalue weighted by molar-refractivity contribution is 7.99. The number of rotatable bonds is 6. The topological polar surface area (TPSA) is 47.8 Å². The molecule has 0 amide bonds. The standard InChI is InChI=1S/C18H15F2N3OS/c1-12(17(24)13-7-8-15(19)16(20)9-13)10-25-18-21-11-23(22-18)14-5-3-2-4-6-14/h2-9,11-12H,10H2,1H3. The van der Waals surface area contributed by atoms with Crippen LogP contribution in [0.3, 0.4) is 0 Å². The molecule has 1 heterocycles. The van der Waals surface area contributed by atoms with Crippen LogP contribution in [0.5, 0.6) is 0 Å². The van der Waals surface area contributed by atoms with Crippen molar-refractivity contribution in [1.29, 1.82) is 0 Å². The number of hydrogen-bond donors (Lipinski definition) is 0. The van der Waals surface area contributed by atoms with Gasteiger partial charge in [0.05, 0.1) is 5.69 Å². The number of carbonyl (C=O) groups excluding carboxylic acids is 1. The van der Waals surface area contributed by atoms with E-state index >= 15 is 0 Å². The summed E-state index contributed by atoms with van der Waals surface area (Å²) in [5.74, 6) is -2.16. The van der Waals surface area contributed by atoms with Gasteiger partial charge in [0.15, 0.2) is 17.4 Å². The average Bonchev–Trinajstić information content (AvgIpc) is 3.11. The number of halogens is 2. The van der Waals surface area contributed by atoms with Crippen molar-refractivity contribution in [3.05, 3.63) is 72.1 Å². The molecule has 1 atom stereocenters. The number of para-hydroxylation sites is 1. The minimum atomic E-state index is -1.02. The normalized spacial score (nSPS) is 12.1. The maximum absolute atomic E-state index is 13.3. The van der Waals surface area contributed by atoms with Gasteiger partial charge >= 0.3 is 0 Å². The predicted octanol–water partition coefficient (Wildman–Crippen LogP) is 4.16. The maximum Gasteiger partial charge on any atom is 0.208 e. The zero-order valence-corrected chi connectivity index (χ0v) is 14.2. The third-order valence-electron chi connectivity index (χ3n) is 3.61. The van der Waals surface area contributed by atoms with Gasteiger partial charge < -0.3 is 0 Å². The highest BCUT2D eigenvalue weighted by Gasteiger charge is 2.18. The van der Waals surface area contributed by atoms with Crippen LogP contribution in [-0.2, 0) is 0 Å². The number of benzene rings is 2. The molecule has 2 aromatic carbocycles. The van der Waals surface area contributed by atoms with Crippen molar-refractivity contribution in [1.82, 2.24) is 14.8 Å². The maximum atomic E-state index is 13.3. The highest BCUT2D eigenvalue weighted by Crippen LogP contribution is 2.21. The Bertz CT molecular complexity index is 883. The molecule has 7 heteroatoms. The second kappa shape index (κ2) is 7.57. The van der Waals surface area contributed by atoms with E-state index in [0.29, 0.717) is 10.9 Å². The van der Waals surface area contributed by atoms with Gasteiger partial charge in [0.2, 0.25) is 5.16 Å². The first-order valence-electron chi connectivity index (χ1n) is 7.64. The van der Waals surface area contributed by atoms with Gasteiger partial charge in [0.1, 0.15) is 6.33 Å². The molecule has 0 spiro atoms. The summed E-state index contributed by atoms with van der Waals surface area (Å²) in [5.41, 5.74) is 1.06. The van der Waals surface area contributed by atoms with E-state index in [9.17, 15) is 13.6 Å². The van der Waals surface area contributed by atoms with Crippen LogP contribution in [0, 0.1) is 17.6 Å². The Kier molecular flexibility index (Phi) is 5.23. The predicted molar refractivity (Wildman–Crippen MR) is 91.9 cm³/mol. The minimum Gasteiger partial charge on any atom is -0.294 e. The minimum absolute atomic E-state index is 0.162. The Morgan fingerprint density at radius 2 is 1.92 bits per heavy atom. The molecule has 128 valence electrons. The van der Waals surface area contributed by atoms with Crippen LogP contribution in [0.2, 0.25) is 0 Å². The quantitative estimate of drug-likeness (QED) is 0.490. The number of carbonyl (C=O) groups is 1. The van der Waals surface area contributed by atoms with Gasteiger partial charge in [-0.3, -0.25) is 4.79 Å². The van der Waals surface area contributed by atoms with Crippen LogP contribution < -0.4 is 0 Å². The number of ketones is 1.